The molecule has 0 aliphatic rings. The normalized spacial score (nSPS) is 11.2. The summed E-state index contributed by atoms with van der Waals surface area (Å²) >= 11 is 0. The van der Waals surface area contributed by atoms with Gasteiger partial charge in [0, 0.05) is 53.1 Å². The summed E-state index contributed by atoms with van der Waals surface area (Å²) < 4.78 is 12.2. The molecule has 0 radical (unpaired) electrons. The van der Waals surface area contributed by atoms with Crippen molar-refractivity contribution in [2.75, 3.05) is 40.9 Å². The number of hydrogen-bond acceptors (Lipinski definition) is 5. The Labute approximate surface area is 256 Å². The number of benzene rings is 3. The maximum Gasteiger partial charge on any atom is 0.222 e. The molecule has 0 saturated heterocycles. The number of carbonyl (C=O) groups is 3. The van der Waals surface area contributed by atoms with Crippen LogP contribution in [0.5, 0.6) is 5.75 Å². The molecule has 0 saturated carbocycles. The van der Waals surface area contributed by atoms with Crippen LogP contribution in [0.1, 0.15) is 68.6 Å². The van der Waals surface area contributed by atoms with Crippen LogP contribution in [0, 0.1) is 0 Å². The summed E-state index contributed by atoms with van der Waals surface area (Å²) in [5, 5.41) is 0. The number of methoxy groups -OCH3 is 1. The zero-order chi connectivity index (χ0) is 31.1. The Hall–Kier alpha value is -3.97. The Morgan fingerprint density at radius 1 is 0.628 bits per heavy atom. The molecule has 230 valence electrons. The number of amides is 2. The Morgan fingerprint density at radius 2 is 1.09 bits per heavy atom. The smallest absolute Gasteiger partial charge is 0.222 e. The molecule has 7 heteroatoms. The number of rotatable bonds is 18. The molecule has 0 fully saturated rings. The van der Waals surface area contributed by atoms with Crippen LogP contribution < -0.4 is 4.74 Å². The van der Waals surface area contributed by atoms with Crippen molar-refractivity contribution in [1.29, 1.82) is 0 Å². The number of ketones is 1. The van der Waals surface area contributed by atoms with Crippen molar-refractivity contribution in [1.82, 2.24) is 9.80 Å². The molecular formula is C36H46N2O5. The molecule has 0 unspecified atom stereocenters. The van der Waals surface area contributed by atoms with Gasteiger partial charge >= 0.3 is 0 Å². The Morgan fingerprint density at radius 3 is 1.58 bits per heavy atom. The third-order valence-electron chi connectivity index (χ3n) is 7.75. The van der Waals surface area contributed by atoms with Crippen LogP contribution in [0.2, 0.25) is 0 Å². The van der Waals surface area contributed by atoms with E-state index in [1.165, 1.54) is 0 Å². The first kappa shape index (κ1) is 33.5. The largest absolute Gasteiger partial charge is 0.497 e. The molecule has 0 aliphatic carbocycles. The maximum atomic E-state index is 13.0. The Kier molecular flexibility index (Phi) is 13.4. The number of carbonyl (C=O) groups excluding carboxylic acids is 3. The van der Waals surface area contributed by atoms with Crippen LogP contribution in [-0.4, -0.2) is 68.3 Å². The van der Waals surface area contributed by atoms with Gasteiger partial charge in [-0.2, -0.15) is 0 Å². The van der Waals surface area contributed by atoms with Crippen molar-refractivity contribution in [2.24, 2.45) is 0 Å². The fourth-order valence-electron chi connectivity index (χ4n) is 5.13. The fraction of sp³-hybridized carbons (Fsp3) is 0.417. The molecule has 0 bridgehead atoms. The third kappa shape index (κ3) is 9.79. The van der Waals surface area contributed by atoms with E-state index in [4.69, 9.17) is 9.47 Å². The molecule has 3 rings (SSSR count). The molecular weight excluding hydrogens is 540 g/mol. The minimum atomic E-state index is -0.862. The van der Waals surface area contributed by atoms with Crippen molar-refractivity contribution < 1.29 is 23.9 Å². The first-order valence-electron chi connectivity index (χ1n) is 15.1. The van der Waals surface area contributed by atoms with Gasteiger partial charge in [0.15, 0.2) is 0 Å². The van der Waals surface area contributed by atoms with Crippen molar-refractivity contribution >= 4 is 17.6 Å². The van der Waals surface area contributed by atoms with Gasteiger partial charge in [0.2, 0.25) is 11.8 Å². The number of hydrogen-bond donors (Lipinski definition) is 0. The molecule has 2 amide bonds. The minimum absolute atomic E-state index is 0.0168. The highest BCUT2D eigenvalue weighted by molar-refractivity contribution is 5.77. The number of likely N-dealkylation sites (N-methyl/N-ethyl adjacent to an activating group) is 2. The van der Waals surface area contributed by atoms with Crippen molar-refractivity contribution in [2.45, 2.75) is 57.5 Å². The van der Waals surface area contributed by atoms with Gasteiger partial charge in [0.25, 0.3) is 0 Å². The Balaban J connectivity index is 1.59. The van der Waals surface area contributed by atoms with E-state index in [0.717, 1.165) is 41.7 Å². The summed E-state index contributed by atoms with van der Waals surface area (Å²) in [5.74, 6) is 1.04. The highest BCUT2D eigenvalue weighted by Gasteiger charge is 2.37. The lowest BCUT2D eigenvalue weighted by atomic mass is 9.80. The van der Waals surface area contributed by atoms with Crippen LogP contribution in [0.4, 0.5) is 0 Å². The second kappa shape index (κ2) is 17.2. The minimum Gasteiger partial charge on any atom is -0.497 e. The van der Waals surface area contributed by atoms with Gasteiger partial charge in [-0.1, -0.05) is 79.2 Å². The van der Waals surface area contributed by atoms with Gasteiger partial charge in [-0.15, -0.1) is 0 Å². The molecule has 0 N–H and O–H groups in total. The van der Waals surface area contributed by atoms with Crippen molar-refractivity contribution in [3.05, 3.63) is 102 Å². The van der Waals surface area contributed by atoms with E-state index >= 15 is 0 Å². The SMILES string of the molecule is COc1ccc(C(OCCCC(=O)N(C)CCN(C)C(=O)CCCCCC(C)=O)(c2ccccc2)c2ccccc2)cc1. The van der Waals surface area contributed by atoms with E-state index in [9.17, 15) is 14.4 Å². The quantitative estimate of drug-likeness (QED) is 0.130. The van der Waals surface area contributed by atoms with Gasteiger partial charge in [-0.25, -0.2) is 0 Å². The lowest BCUT2D eigenvalue weighted by Gasteiger charge is -2.36. The molecule has 0 spiro atoms. The summed E-state index contributed by atoms with van der Waals surface area (Å²) in [6.07, 6.45) is 4.39. The first-order valence-corrected chi connectivity index (χ1v) is 15.1. The highest BCUT2D eigenvalue weighted by atomic mass is 16.5. The number of Topliss-reactive ketones (excluding diaryl/α,β-unsaturated/α-hetero) is 1. The molecule has 7 nitrogen and oxygen atoms in total. The number of unbranched alkanes of at least 4 members (excludes halogenated alkanes) is 2. The maximum absolute atomic E-state index is 13.0. The van der Waals surface area contributed by atoms with Gasteiger partial charge in [-0.3, -0.25) is 9.59 Å². The zero-order valence-corrected chi connectivity index (χ0v) is 26.1. The predicted octanol–water partition coefficient (Wildman–Crippen LogP) is 6.24. The summed E-state index contributed by atoms with van der Waals surface area (Å²) in [6, 6.07) is 28.2. The van der Waals surface area contributed by atoms with E-state index < -0.39 is 5.60 Å². The molecule has 3 aromatic carbocycles. The van der Waals surface area contributed by atoms with Crippen LogP contribution in [-0.2, 0) is 24.7 Å². The molecule has 3 aromatic rings. The summed E-state index contributed by atoms with van der Waals surface area (Å²) in [4.78, 5) is 39.8. The predicted molar refractivity (Wildman–Crippen MR) is 170 cm³/mol. The van der Waals surface area contributed by atoms with Crippen LogP contribution in [0.25, 0.3) is 0 Å². The Bertz CT molecular complexity index is 1240. The molecule has 43 heavy (non-hydrogen) atoms. The lowest BCUT2D eigenvalue weighted by Crippen LogP contribution is -2.37. The molecule has 0 atom stereocenters. The van der Waals surface area contributed by atoms with Crippen LogP contribution >= 0.6 is 0 Å². The fourth-order valence-corrected chi connectivity index (χ4v) is 5.13. The van der Waals surface area contributed by atoms with E-state index in [1.807, 2.05) is 60.7 Å². The van der Waals surface area contributed by atoms with Crippen molar-refractivity contribution in [3.63, 3.8) is 0 Å². The first-order chi connectivity index (χ1) is 20.8. The third-order valence-corrected chi connectivity index (χ3v) is 7.75. The summed E-state index contributed by atoms with van der Waals surface area (Å²) in [6.45, 7) is 2.91. The zero-order valence-electron chi connectivity index (χ0n) is 26.1. The number of ether oxygens (including phenoxy) is 2. The van der Waals surface area contributed by atoms with Gasteiger partial charge in [0.1, 0.15) is 17.1 Å². The standard InChI is InChI=1S/C36H46N2O5/c1-29(39)15-8-5-13-20-34(40)37(2)26-27-38(3)35(41)21-14-28-43-36(30-16-9-6-10-17-30,31-18-11-7-12-19-31)32-22-24-33(42-4)25-23-32/h6-7,9-12,16-19,22-25H,5,8,13-15,20-21,26-28H2,1-4H3. The highest BCUT2D eigenvalue weighted by Crippen LogP contribution is 2.41. The monoisotopic (exact) mass is 586 g/mol. The van der Waals surface area contributed by atoms with Gasteiger partial charge < -0.3 is 24.1 Å². The van der Waals surface area contributed by atoms with Crippen LogP contribution in [0.15, 0.2) is 84.9 Å². The van der Waals surface area contributed by atoms with Gasteiger partial charge in [0.05, 0.1) is 7.11 Å². The van der Waals surface area contributed by atoms with E-state index in [1.54, 1.807) is 37.9 Å². The average molecular weight is 587 g/mol. The summed E-state index contributed by atoms with van der Waals surface area (Å²) in [5.41, 5.74) is 2.11. The number of nitrogens with zero attached hydrogens (tertiary/aromatic N) is 2. The van der Waals surface area contributed by atoms with Gasteiger partial charge in [-0.05, 0) is 55.0 Å². The van der Waals surface area contributed by atoms with E-state index in [0.29, 0.717) is 45.4 Å². The molecule has 0 aromatic heterocycles. The van der Waals surface area contributed by atoms with Crippen LogP contribution in [0.3, 0.4) is 0 Å². The van der Waals surface area contributed by atoms with E-state index in [-0.39, 0.29) is 17.6 Å². The molecule has 0 aliphatic heterocycles. The second-order valence-electron chi connectivity index (χ2n) is 11.0. The topological polar surface area (TPSA) is 76.2 Å². The summed E-state index contributed by atoms with van der Waals surface area (Å²) in [7, 11) is 5.20. The average Bonchev–Trinajstić information content (AvgIpc) is 3.04. The second-order valence-corrected chi connectivity index (χ2v) is 11.0. The lowest BCUT2D eigenvalue weighted by molar-refractivity contribution is -0.133. The van der Waals surface area contributed by atoms with E-state index in [2.05, 4.69) is 24.3 Å². The van der Waals surface area contributed by atoms with Crippen molar-refractivity contribution in [3.8, 4) is 5.75 Å². The molecule has 0 heterocycles.